The maximum atomic E-state index is 12.0. The number of rotatable bonds is 12. The molecule has 208 valence electrons. The van der Waals surface area contributed by atoms with Gasteiger partial charge in [-0.1, -0.05) is 61.5 Å². The van der Waals surface area contributed by atoms with E-state index in [4.69, 9.17) is 14.2 Å². The van der Waals surface area contributed by atoms with E-state index in [9.17, 15) is 9.90 Å². The fourth-order valence-electron chi connectivity index (χ4n) is 4.15. The van der Waals surface area contributed by atoms with Crippen LogP contribution in [0.25, 0.3) is 11.1 Å². The Balaban J connectivity index is 1.86. The largest absolute Gasteiger partial charge is 0.491 e. The molecule has 6 heteroatoms. The Bertz CT molecular complexity index is 1210. The first kappa shape index (κ1) is 29.9. The van der Waals surface area contributed by atoms with Crippen molar-refractivity contribution in [2.24, 2.45) is 5.41 Å². The molecule has 6 nitrogen and oxygen atoms in total. The molecule has 39 heavy (non-hydrogen) atoms. The molecule has 3 aromatic carbocycles. The van der Waals surface area contributed by atoms with Crippen molar-refractivity contribution in [2.75, 3.05) is 34.0 Å². The lowest BCUT2D eigenvalue weighted by Gasteiger charge is -2.19. The van der Waals surface area contributed by atoms with Gasteiger partial charge >= 0.3 is 5.97 Å². The summed E-state index contributed by atoms with van der Waals surface area (Å²) in [5.74, 6) is 1.03. The molecule has 0 aromatic heterocycles. The van der Waals surface area contributed by atoms with E-state index in [1.165, 1.54) is 5.57 Å². The van der Waals surface area contributed by atoms with E-state index in [0.717, 1.165) is 28.7 Å². The molecule has 0 bridgehead atoms. The van der Waals surface area contributed by atoms with Crippen LogP contribution < -0.4 is 9.47 Å². The van der Waals surface area contributed by atoms with E-state index in [0.29, 0.717) is 18.0 Å². The number of aliphatic hydroxyl groups is 1. The van der Waals surface area contributed by atoms with Crippen LogP contribution in [0.2, 0.25) is 0 Å². The van der Waals surface area contributed by atoms with Crippen LogP contribution in [-0.2, 0) is 9.53 Å². The van der Waals surface area contributed by atoms with Crippen LogP contribution in [0.15, 0.2) is 78.9 Å². The van der Waals surface area contributed by atoms with Crippen LogP contribution >= 0.6 is 0 Å². The highest BCUT2D eigenvalue weighted by molar-refractivity contribution is 5.98. The minimum absolute atomic E-state index is 0.132. The Kier molecular flexibility index (Phi) is 10.7. The summed E-state index contributed by atoms with van der Waals surface area (Å²) >= 11 is 0. The summed E-state index contributed by atoms with van der Waals surface area (Å²) in [6, 6.07) is 26.2. The number of aliphatic hydroxyl groups excluding tert-OH is 1. The Morgan fingerprint density at radius 3 is 1.85 bits per heavy atom. The van der Waals surface area contributed by atoms with Gasteiger partial charge in [0, 0.05) is 6.54 Å². The van der Waals surface area contributed by atoms with Gasteiger partial charge in [-0.05, 0) is 93.4 Å². The second kappa shape index (κ2) is 14.0. The van der Waals surface area contributed by atoms with E-state index < -0.39 is 11.5 Å². The molecule has 0 saturated heterocycles. The van der Waals surface area contributed by atoms with Crippen molar-refractivity contribution < 1.29 is 24.1 Å². The van der Waals surface area contributed by atoms with Gasteiger partial charge in [-0.25, -0.2) is 0 Å². The van der Waals surface area contributed by atoms with Crippen LogP contribution in [0.5, 0.6) is 11.5 Å². The quantitative estimate of drug-likeness (QED) is 0.168. The van der Waals surface area contributed by atoms with E-state index >= 15 is 0 Å². The number of allylic oxidation sites excluding steroid dienone is 1. The van der Waals surface area contributed by atoms with Crippen LogP contribution in [0.1, 0.15) is 50.8 Å². The molecule has 3 aromatic rings. The van der Waals surface area contributed by atoms with Crippen LogP contribution in [-0.4, -0.2) is 56.1 Å². The summed E-state index contributed by atoms with van der Waals surface area (Å²) in [4.78, 5) is 13.9. The van der Waals surface area contributed by atoms with Crippen molar-refractivity contribution in [1.82, 2.24) is 4.90 Å². The summed E-state index contributed by atoms with van der Waals surface area (Å²) < 4.78 is 16.7. The lowest BCUT2D eigenvalue weighted by atomic mass is 9.88. The maximum absolute atomic E-state index is 12.0. The molecular weight excluding hydrogens is 490 g/mol. The number of likely N-dealkylation sites (N-methyl/N-ethyl adjacent to an activating group) is 1. The van der Waals surface area contributed by atoms with Crippen LogP contribution in [0, 0.1) is 5.41 Å². The number of nitrogens with zero attached hydrogens (tertiary/aromatic N) is 1. The Morgan fingerprint density at radius 1 is 0.821 bits per heavy atom. The summed E-state index contributed by atoms with van der Waals surface area (Å²) in [6.07, 6.45) is 0.285. The van der Waals surface area contributed by atoms with E-state index in [2.05, 4.69) is 43.3 Å². The molecule has 1 atom stereocenters. The summed E-state index contributed by atoms with van der Waals surface area (Å²) in [5.41, 5.74) is 5.03. The molecule has 0 radical (unpaired) electrons. The molecule has 0 amide bonds. The zero-order chi connectivity index (χ0) is 28.4. The SMILES string of the molecule is CCC(=C(c1ccc(OCOC(=O)C(C)(C)C)cc1)c1ccc(OCC(O)CN(C)C)cc1)c1ccccc1. The number of hydrogen-bond acceptors (Lipinski definition) is 6. The summed E-state index contributed by atoms with van der Waals surface area (Å²) in [5, 5.41) is 10.1. The first-order valence-corrected chi connectivity index (χ1v) is 13.3. The second-order valence-corrected chi connectivity index (χ2v) is 10.8. The molecule has 0 aliphatic heterocycles. The van der Waals surface area contributed by atoms with Gasteiger partial charge in [0.15, 0.2) is 0 Å². The predicted molar refractivity (Wildman–Crippen MR) is 157 cm³/mol. The smallest absolute Gasteiger partial charge is 0.314 e. The lowest BCUT2D eigenvalue weighted by Crippen LogP contribution is -2.30. The standard InChI is InChI=1S/C33H41NO5/c1-7-30(24-11-9-8-10-12-24)31(25-13-17-28(18-14-25)37-22-27(35)21-34(5)6)26-15-19-29(20-16-26)38-23-39-32(36)33(2,3)4/h8-20,27,35H,7,21-23H2,1-6H3. The third kappa shape index (κ3) is 8.98. The predicted octanol–water partition coefficient (Wildman–Crippen LogP) is 6.28. The molecule has 0 saturated carbocycles. The molecule has 1 unspecified atom stereocenters. The third-order valence-electron chi connectivity index (χ3n) is 6.11. The Morgan fingerprint density at radius 2 is 1.36 bits per heavy atom. The molecule has 3 rings (SSSR count). The maximum Gasteiger partial charge on any atom is 0.314 e. The molecule has 0 fully saturated rings. The summed E-state index contributed by atoms with van der Waals surface area (Å²) in [7, 11) is 3.84. The average molecular weight is 532 g/mol. The van der Waals surface area contributed by atoms with Crippen LogP contribution in [0.4, 0.5) is 0 Å². The molecule has 0 aliphatic rings. The van der Waals surface area contributed by atoms with Crippen molar-refractivity contribution >= 4 is 17.1 Å². The molecule has 0 spiro atoms. The average Bonchev–Trinajstić information content (AvgIpc) is 2.91. The highest BCUT2D eigenvalue weighted by Crippen LogP contribution is 2.35. The van der Waals surface area contributed by atoms with Crippen molar-refractivity contribution in [1.29, 1.82) is 0 Å². The van der Waals surface area contributed by atoms with Gasteiger partial charge in [-0.15, -0.1) is 0 Å². The van der Waals surface area contributed by atoms with E-state index in [1.807, 2.05) is 82.2 Å². The highest BCUT2D eigenvalue weighted by Gasteiger charge is 2.23. The fraction of sp³-hybridized carbons (Fsp3) is 0.364. The number of carbonyl (C=O) groups excluding carboxylic acids is 1. The van der Waals surface area contributed by atoms with Gasteiger partial charge < -0.3 is 24.2 Å². The van der Waals surface area contributed by atoms with Crippen molar-refractivity contribution in [3.63, 3.8) is 0 Å². The van der Waals surface area contributed by atoms with Crippen molar-refractivity contribution in [3.8, 4) is 11.5 Å². The van der Waals surface area contributed by atoms with E-state index in [1.54, 1.807) is 0 Å². The van der Waals surface area contributed by atoms with Crippen molar-refractivity contribution in [2.45, 2.75) is 40.2 Å². The van der Waals surface area contributed by atoms with Gasteiger partial charge in [0.25, 0.3) is 0 Å². The van der Waals surface area contributed by atoms with Gasteiger partial charge in [0.05, 0.1) is 5.41 Å². The zero-order valence-electron chi connectivity index (χ0n) is 23.9. The first-order valence-electron chi connectivity index (χ1n) is 13.3. The number of hydrogen-bond donors (Lipinski definition) is 1. The van der Waals surface area contributed by atoms with Gasteiger partial charge in [-0.2, -0.15) is 0 Å². The molecule has 1 N–H and O–H groups in total. The monoisotopic (exact) mass is 531 g/mol. The number of esters is 1. The number of benzene rings is 3. The Labute approximate surface area is 232 Å². The minimum atomic E-state index is -0.576. The van der Waals surface area contributed by atoms with Gasteiger partial charge in [-0.3, -0.25) is 4.79 Å². The summed E-state index contributed by atoms with van der Waals surface area (Å²) in [6.45, 7) is 8.23. The topological polar surface area (TPSA) is 68.2 Å². The molecule has 0 heterocycles. The fourth-order valence-corrected chi connectivity index (χ4v) is 4.15. The molecule has 0 aliphatic carbocycles. The van der Waals surface area contributed by atoms with Crippen molar-refractivity contribution in [3.05, 3.63) is 95.6 Å². The number of carbonyl (C=O) groups is 1. The van der Waals surface area contributed by atoms with Gasteiger partial charge in [0.1, 0.15) is 24.2 Å². The minimum Gasteiger partial charge on any atom is -0.491 e. The van der Waals surface area contributed by atoms with E-state index in [-0.39, 0.29) is 19.4 Å². The van der Waals surface area contributed by atoms with Crippen LogP contribution in [0.3, 0.4) is 0 Å². The highest BCUT2D eigenvalue weighted by atomic mass is 16.7. The second-order valence-electron chi connectivity index (χ2n) is 10.8. The zero-order valence-corrected chi connectivity index (χ0v) is 23.9. The Hall–Kier alpha value is -3.61. The number of ether oxygens (including phenoxy) is 3. The normalized spacial score (nSPS) is 13.0. The lowest BCUT2D eigenvalue weighted by molar-refractivity contribution is -0.159. The first-order chi connectivity index (χ1) is 18.6. The third-order valence-corrected chi connectivity index (χ3v) is 6.11. The molecular formula is C33H41NO5. The van der Waals surface area contributed by atoms with Gasteiger partial charge in [0.2, 0.25) is 6.79 Å².